The van der Waals surface area contributed by atoms with Crippen molar-refractivity contribution in [2.24, 2.45) is 0 Å². The Morgan fingerprint density at radius 1 is 1.35 bits per heavy atom. The van der Waals surface area contributed by atoms with Crippen LogP contribution in [-0.4, -0.2) is 39.4 Å². The average molecular weight is 322 g/mol. The van der Waals surface area contributed by atoms with Crippen LogP contribution in [0.25, 0.3) is 0 Å². The summed E-state index contributed by atoms with van der Waals surface area (Å²) in [4.78, 5) is 37.0. The Labute approximate surface area is 131 Å². The van der Waals surface area contributed by atoms with E-state index in [9.17, 15) is 14.4 Å². The van der Waals surface area contributed by atoms with Crippen LogP contribution in [-0.2, 0) is 19.0 Å². The van der Waals surface area contributed by atoms with E-state index in [1.54, 1.807) is 6.92 Å². The van der Waals surface area contributed by atoms with Gasteiger partial charge in [0.2, 0.25) is 0 Å². The van der Waals surface area contributed by atoms with Gasteiger partial charge >= 0.3 is 5.69 Å². The fraction of sp³-hybridized carbons (Fsp3) is 0.667. The zero-order valence-corrected chi connectivity index (χ0v) is 12.7. The first kappa shape index (κ1) is 14.8. The maximum Gasteiger partial charge on any atom is 0.330 e. The second kappa shape index (κ2) is 4.86. The molecule has 8 heteroatoms. The highest BCUT2D eigenvalue weighted by molar-refractivity contribution is 5.59. The molecule has 2 aliphatic heterocycles. The molecule has 2 saturated heterocycles. The number of nitrogens with zero attached hydrogens (tertiary/aromatic N) is 1. The molecule has 4 atom stereocenters. The summed E-state index contributed by atoms with van der Waals surface area (Å²) in [6.07, 6.45) is 3.31. The van der Waals surface area contributed by atoms with Gasteiger partial charge in [0.1, 0.15) is 17.8 Å². The van der Waals surface area contributed by atoms with Crippen LogP contribution in [0.15, 0.2) is 21.9 Å². The van der Waals surface area contributed by atoms with E-state index in [2.05, 4.69) is 4.98 Å². The van der Waals surface area contributed by atoms with Gasteiger partial charge in [0, 0.05) is 25.1 Å². The van der Waals surface area contributed by atoms with Crippen LogP contribution < -0.4 is 11.2 Å². The normalized spacial score (nSPS) is 38.0. The lowest BCUT2D eigenvalue weighted by molar-refractivity contribution is -0.228. The van der Waals surface area contributed by atoms with Gasteiger partial charge in [0.25, 0.3) is 5.56 Å². The molecule has 4 rings (SSSR count). The molecule has 1 aromatic rings. The standard InChI is InChI=1S/C15H18N2O6/c1-14-11(22-15(23-14)5-2-3-6-15)9(8-18)21-12(14)17-7-4-10(19)16-13(17)20/h4,7-9,11-12H,2-3,5-6H2,1H3,(H,16,19,20). The van der Waals surface area contributed by atoms with Gasteiger partial charge in [-0.3, -0.25) is 14.3 Å². The molecular weight excluding hydrogens is 304 g/mol. The molecule has 1 N–H and O–H groups in total. The number of fused-ring (bicyclic) bond motifs is 1. The number of hydrogen-bond acceptors (Lipinski definition) is 6. The first-order valence-electron chi connectivity index (χ1n) is 7.78. The minimum atomic E-state index is -0.974. The molecular formula is C15H18N2O6. The Hall–Kier alpha value is -1.77. The lowest BCUT2D eigenvalue weighted by atomic mass is 9.97. The van der Waals surface area contributed by atoms with Gasteiger partial charge in [-0.15, -0.1) is 0 Å². The molecule has 0 bridgehead atoms. The van der Waals surface area contributed by atoms with Crippen molar-refractivity contribution in [3.8, 4) is 0 Å². The highest BCUT2D eigenvalue weighted by Gasteiger charge is 2.66. The van der Waals surface area contributed by atoms with E-state index < -0.39 is 41.1 Å². The molecule has 3 aliphatic rings. The lowest BCUT2D eigenvalue weighted by Crippen LogP contribution is -2.45. The van der Waals surface area contributed by atoms with Crippen LogP contribution in [0.1, 0.15) is 38.8 Å². The van der Waals surface area contributed by atoms with Gasteiger partial charge in [0.15, 0.2) is 18.3 Å². The SMILES string of the molecule is CC12OC3(CCCC3)OC1C(C=O)OC2n1ccc(=O)[nH]c1=O. The van der Waals surface area contributed by atoms with E-state index in [0.29, 0.717) is 6.29 Å². The Balaban J connectivity index is 1.77. The maximum atomic E-state index is 12.1. The summed E-state index contributed by atoms with van der Waals surface area (Å²) in [6, 6.07) is 1.23. The van der Waals surface area contributed by atoms with E-state index in [1.807, 2.05) is 0 Å². The Kier molecular flexibility index (Phi) is 3.13. The van der Waals surface area contributed by atoms with E-state index in [4.69, 9.17) is 14.2 Å². The number of carbonyl (C=O) groups excluding carboxylic acids is 1. The predicted molar refractivity (Wildman–Crippen MR) is 76.9 cm³/mol. The minimum absolute atomic E-state index is 0.492. The van der Waals surface area contributed by atoms with E-state index in [1.165, 1.54) is 16.8 Å². The molecule has 3 heterocycles. The van der Waals surface area contributed by atoms with Crippen molar-refractivity contribution in [1.29, 1.82) is 0 Å². The largest absolute Gasteiger partial charge is 0.341 e. The number of aldehydes is 1. The number of carbonyl (C=O) groups is 1. The molecule has 1 aromatic heterocycles. The van der Waals surface area contributed by atoms with Crippen molar-refractivity contribution in [1.82, 2.24) is 9.55 Å². The topological polar surface area (TPSA) is 99.6 Å². The van der Waals surface area contributed by atoms with E-state index in [-0.39, 0.29) is 0 Å². The molecule has 3 fully saturated rings. The first-order valence-corrected chi connectivity index (χ1v) is 7.78. The summed E-state index contributed by atoms with van der Waals surface area (Å²) in [5, 5.41) is 0. The van der Waals surface area contributed by atoms with Gasteiger partial charge in [-0.25, -0.2) is 4.79 Å². The zero-order valence-electron chi connectivity index (χ0n) is 12.7. The maximum absolute atomic E-state index is 12.1. The summed E-state index contributed by atoms with van der Waals surface area (Å²) in [5.74, 6) is -0.700. The highest BCUT2D eigenvalue weighted by atomic mass is 16.8. The quantitative estimate of drug-likeness (QED) is 0.774. The third-order valence-corrected chi connectivity index (χ3v) is 4.99. The second-order valence-corrected chi connectivity index (χ2v) is 6.55. The number of rotatable bonds is 2. The number of nitrogens with one attached hydrogen (secondary N) is 1. The van der Waals surface area contributed by atoms with Crippen molar-refractivity contribution in [3.63, 3.8) is 0 Å². The van der Waals surface area contributed by atoms with Crippen molar-refractivity contribution in [2.45, 2.75) is 62.4 Å². The fourth-order valence-corrected chi connectivity index (χ4v) is 3.96. The molecule has 1 saturated carbocycles. The second-order valence-electron chi connectivity index (χ2n) is 6.55. The minimum Gasteiger partial charge on any atom is -0.341 e. The number of ether oxygens (including phenoxy) is 3. The van der Waals surface area contributed by atoms with Crippen molar-refractivity contribution >= 4 is 6.29 Å². The summed E-state index contributed by atoms with van der Waals surface area (Å²) in [7, 11) is 0. The molecule has 8 nitrogen and oxygen atoms in total. The Morgan fingerprint density at radius 2 is 2.09 bits per heavy atom. The average Bonchev–Trinajstić information content (AvgIpc) is 3.13. The monoisotopic (exact) mass is 322 g/mol. The molecule has 0 aromatic carbocycles. The lowest BCUT2D eigenvalue weighted by Gasteiger charge is -2.31. The van der Waals surface area contributed by atoms with Gasteiger partial charge in [-0.2, -0.15) is 0 Å². The van der Waals surface area contributed by atoms with Crippen molar-refractivity contribution < 1.29 is 19.0 Å². The summed E-state index contributed by atoms with van der Waals surface area (Å²) < 4.78 is 19.3. The zero-order chi connectivity index (χ0) is 16.2. The van der Waals surface area contributed by atoms with Gasteiger partial charge in [-0.05, 0) is 19.8 Å². The van der Waals surface area contributed by atoms with Gasteiger partial charge in [0.05, 0.1) is 0 Å². The van der Waals surface area contributed by atoms with Gasteiger partial charge < -0.3 is 19.0 Å². The third-order valence-electron chi connectivity index (χ3n) is 4.99. The molecule has 1 aliphatic carbocycles. The van der Waals surface area contributed by atoms with Crippen molar-refractivity contribution in [2.75, 3.05) is 0 Å². The summed E-state index contributed by atoms with van der Waals surface area (Å²) >= 11 is 0. The van der Waals surface area contributed by atoms with E-state index >= 15 is 0 Å². The summed E-state index contributed by atoms with van der Waals surface area (Å²) in [5.41, 5.74) is -2.07. The smallest absolute Gasteiger partial charge is 0.330 e. The highest BCUT2D eigenvalue weighted by Crippen LogP contribution is 2.54. The molecule has 4 unspecified atom stereocenters. The molecule has 0 radical (unpaired) electrons. The number of aromatic nitrogens is 2. The Morgan fingerprint density at radius 3 is 2.74 bits per heavy atom. The van der Waals surface area contributed by atoms with Crippen LogP contribution in [0.2, 0.25) is 0 Å². The van der Waals surface area contributed by atoms with Crippen LogP contribution in [0.5, 0.6) is 0 Å². The first-order chi connectivity index (χ1) is 11.0. The van der Waals surface area contributed by atoms with Crippen molar-refractivity contribution in [3.05, 3.63) is 33.1 Å². The van der Waals surface area contributed by atoms with Crippen LogP contribution in [0.4, 0.5) is 0 Å². The number of H-pyrrole nitrogens is 1. The molecule has 23 heavy (non-hydrogen) atoms. The van der Waals surface area contributed by atoms with Gasteiger partial charge in [-0.1, -0.05) is 0 Å². The number of aromatic amines is 1. The molecule has 0 amide bonds. The van der Waals surface area contributed by atoms with Crippen LogP contribution >= 0.6 is 0 Å². The fourth-order valence-electron chi connectivity index (χ4n) is 3.96. The predicted octanol–water partition coefficient (Wildman–Crippen LogP) is 0.0773. The Bertz CT molecular complexity index is 749. The van der Waals surface area contributed by atoms with E-state index in [0.717, 1.165) is 25.7 Å². The molecule has 124 valence electrons. The number of hydrogen-bond donors (Lipinski definition) is 1. The molecule has 1 spiro atoms. The van der Waals surface area contributed by atoms with Crippen LogP contribution in [0.3, 0.4) is 0 Å². The third kappa shape index (κ3) is 2.05. The summed E-state index contributed by atoms with van der Waals surface area (Å²) in [6.45, 7) is 1.79. The van der Waals surface area contributed by atoms with Crippen LogP contribution in [0, 0.1) is 0 Å².